The van der Waals surface area contributed by atoms with E-state index in [9.17, 15) is 9.59 Å². The van der Waals surface area contributed by atoms with E-state index >= 15 is 0 Å². The number of hydrogen-bond acceptors (Lipinski definition) is 4. The van der Waals surface area contributed by atoms with Crippen LogP contribution in [0.5, 0.6) is 0 Å². The average Bonchev–Trinajstić information content (AvgIpc) is 2.93. The fourth-order valence-electron chi connectivity index (χ4n) is 3.71. The van der Waals surface area contributed by atoms with Gasteiger partial charge in [-0.15, -0.1) is 12.4 Å². The smallest absolute Gasteiger partial charge is 0.324 e. The monoisotopic (exact) mass is 302 g/mol. The summed E-state index contributed by atoms with van der Waals surface area (Å²) in [5.41, 5.74) is 6.19. The van der Waals surface area contributed by atoms with Crippen LogP contribution >= 0.6 is 12.4 Å². The van der Waals surface area contributed by atoms with Gasteiger partial charge in [0, 0.05) is 32.2 Å². The van der Waals surface area contributed by atoms with Gasteiger partial charge < -0.3 is 16.0 Å². The van der Waals surface area contributed by atoms with Crippen LogP contribution in [0.4, 0.5) is 4.79 Å². The molecule has 0 aromatic carbocycles. The van der Waals surface area contributed by atoms with Crippen molar-refractivity contribution in [1.29, 1.82) is 0 Å². The number of halogens is 1. The van der Waals surface area contributed by atoms with E-state index in [0.29, 0.717) is 24.4 Å². The summed E-state index contributed by atoms with van der Waals surface area (Å²) < 4.78 is 0. The maximum atomic E-state index is 11.5. The van der Waals surface area contributed by atoms with Gasteiger partial charge in [-0.1, -0.05) is 6.42 Å². The summed E-state index contributed by atoms with van der Waals surface area (Å²) in [7, 11) is 0. The number of nitrogens with two attached hydrogens (primary N) is 1. The topological polar surface area (TPSA) is 78.7 Å². The molecule has 3 aliphatic rings. The standard InChI is InChI=1S/C13H22N4O2.ClH/c14-11-3-1-2-9-7-16(8-10(9)11)4-5-17-12(18)6-15-13(17)19;/h9-11H,1-8,14H2,(H,15,19);1H. The number of imide groups is 1. The zero-order chi connectivity index (χ0) is 13.4. The second kappa shape index (κ2) is 6.28. The normalized spacial score (nSPS) is 33.9. The summed E-state index contributed by atoms with van der Waals surface area (Å²) >= 11 is 0. The molecule has 7 heteroatoms. The van der Waals surface area contributed by atoms with E-state index in [1.54, 1.807) is 0 Å². The molecule has 6 nitrogen and oxygen atoms in total. The fourth-order valence-corrected chi connectivity index (χ4v) is 3.71. The predicted molar refractivity (Wildman–Crippen MR) is 77.6 cm³/mol. The summed E-state index contributed by atoms with van der Waals surface area (Å²) in [6, 6.07) is 0.0822. The van der Waals surface area contributed by atoms with Crippen molar-refractivity contribution in [2.75, 3.05) is 32.7 Å². The first-order valence-electron chi connectivity index (χ1n) is 7.21. The zero-order valence-corrected chi connectivity index (χ0v) is 12.4. The first kappa shape index (κ1) is 15.5. The minimum atomic E-state index is -0.252. The Labute approximate surface area is 125 Å². The number of nitrogens with zero attached hydrogens (tertiary/aromatic N) is 2. The zero-order valence-electron chi connectivity index (χ0n) is 11.6. The van der Waals surface area contributed by atoms with Gasteiger partial charge in [0.2, 0.25) is 5.91 Å². The largest absolute Gasteiger partial charge is 0.329 e. The number of rotatable bonds is 3. The Bertz CT molecular complexity index is 377. The molecule has 1 aliphatic carbocycles. The minimum absolute atomic E-state index is 0. The Hall–Kier alpha value is -0.850. The molecular weight excluding hydrogens is 280 g/mol. The first-order chi connectivity index (χ1) is 9.15. The Morgan fingerprint density at radius 2 is 2.00 bits per heavy atom. The lowest BCUT2D eigenvalue weighted by Crippen LogP contribution is -2.39. The first-order valence-corrected chi connectivity index (χ1v) is 7.21. The lowest BCUT2D eigenvalue weighted by molar-refractivity contribution is -0.125. The Morgan fingerprint density at radius 1 is 1.20 bits per heavy atom. The molecule has 2 aliphatic heterocycles. The molecule has 3 atom stereocenters. The summed E-state index contributed by atoms with van der Waals surface area (Å²) in [5, 5.41) is 2.55. The maximum absolute atomic E-state index is 11.5. The molecule has 3 fully saturated rings. The summed E-state index contributed by atoms with van der Waals surface area (Å²) in [6.45, 7) is 3.52. The SMILES string of the molecule is Cl.NC1CCCC2CN(CCN3C(=O)CNC3=O)CC12. The van der Waals surface area contributed by atoms with Crippen LogP contribution in [0, 0.1) is 11.8 Å². The number of urea groups is 1. The van der Waals surface area contributed by atoms with Crippen molar-refractivity contribution in [3.8, 4) is 0 Å². The van der Waals surface area contributed by atoms with Crippen LogP contribution in [0.15, 0.2) is 0 Å². The summed E-state index contributed by atoms with van der Waals surface area (Å²) in [6.07, 6.45) is 3.66. The van der Waals surface area contributed by atoms with Gasteiger partial charge >= 0.3 is 6.03 Å². The van der Waals surface area contributed by atoms with Crippen LogP contribution in [-0.4, -0.2) is 60.5 Å². The Balaban J connectivity index is 0.00000147. The molecular formula is C13H23ClN4O2. The van der Waals surface area contributed by atoms with Crippen LogP contribution in [0.3, 0.4) is 0 Å². The Kier molecular flexibility index (Phi) is 4.88. The molecule has 0 radical (unpaired) electrons. The quantitative estimate of drug-likeness (QED) is 0.721. The van der Waals surface area contributed by atoms with E-state index in [-0.39, 0.29) is 30.9 Å². The van der Waals surface area contributed by atoms with Crippen LogP contribution in [-0.2, 0) is 4.79 Å². The second-order valence-electron chi connectivity index (χ2n) is 5.98. The lowest BCUT2D eigenvalue weighted by Gasteiger charge is -2.29. The number of carbonyl (C=O) groups excluding carboxylic acids is 2. The Morgan fingerprint density at radius 3 is 2.65 bits per heavy atom. The third-order valence-electron chi connectivity index (χ3n) is 4.81. The van der Waals surface area contributed by atoms with Crippen LogP contribution < -0.4 is 11.1 Å². The molecule has 0 spiro atoms. The van der Waals surface area contributed by atoms with Gasteiger partial charge in [0.05, 0.1) is 6.54 Å². The molecule has 0 aromatic heterocycles. The fraction of sp³-hybridized carbons (Fsp3) is 0.846. The van der Waals surface area contributed by atoms with Gasteiger partial charge in [-0.25, -0.2) is 4.79 Å². The third kappa shape index (κ3) is 2.92. The molecule has 1 saturated carbocycles. The molecule has 3 unspecified atom stereocenters. The highest BCUT2D eigenvalue weighted by Gasteiger charge is 2.39. The van der Waals surface area contributed by atoms with Gasteiger partial charge in [-0.3, -0.25) is 9.69 Å². The lowest BCUT2D eigenvalue weighted by atomic mass is 9.78. The molecule has 3 amide bonds. The average molecular weight is 303 g/mol. The highest BCUT2D eigenvalue weighted by molar-refractivity contribution is 6.01. The van der Waals surface area contributed by atoms with Crippen LogP contribution in [0.25, 0.3) is 0 Å². The third-order valence-corrected chi connectivity index (χ3v) is 4.81. The number of carbonyl (C=O) groups is 2. The molecule has 3 N–H and O–H groups in total. The van der Waals surface area contributed by atoms with Crippen LogP contribution in [0.1, 0.15) is 19.3 Å². The van der Waals surface area contributed by atoms with Gasteiger partial charge in [-0.05, 0) is 24.7 Å². The molecule has 3 rings (SSSR count). The van der Waals surface area contributed by atoms with Crippen molar-refractivity contribution in [2.45, 2.75) is 25.3 Å². The van der Waals surface area contributed by atoms with Crippen molar-refractivity contribution >= 4 is 24.3 Å². The van der Waals surface area contributed by atoms with Crippen molar-refractivity contribution in [3.05, 3.63) is 0 Å². The van der Waals surface area contributed by atoms with E-state index in [0.717, 1.165) is 26.1 Å². The minimum Gasteiger partial charge on any atom is -0.329 e. The van der Waals surface area contributed by atoms with E-state index in [2.05, 4.69) is 10.2 Å². The van der Waals surface area contributed by atoms with Crippen LogP contribution in [0.2, 0.25) is 0 Å². The van der Waals surface area contributed by atoms with Gasteiger partial charge in [0.1, 0.15) is 0 Å². The van der Waals surface area contributed by atoms with Crippen molar-refractivity contribution in [2.24, 2.45) is 17.6 Å². The van der Waals surface area contributed by atoms with Gasteiger partial charge in [0.15, 0.2) is 0 Å². The number of hydrogen-bond donors (Lipinski definition) is 2. The maximum Gasteiger partial charge on any atom is 0.324 e. The summed E-state index contributed by atoms with van der Waals surface area (Å²) in [4.78, 5) is 26.6. The highest BCUT2D eigenvalue weighted by Crippen LogP contribution is 2.35. The second-order valence-corrected chi connectivity index (χ2v) is 5.98. The van der Waals surface area contributed by atoms with E-state index < -0.39 is 0 Å². The van der Waals surface area contributed by atoms with E-state index in [4.69, 9.17) is 5.73 Å². The van der Waals surface area contributed by atoms with Crippen molar-refractivity contribution in [1.82, 2.24) is 15.1 Å². The molecule has 2 heterocycles. The van der Waals surface area contributed by atoms with E-state index in [1.807, 2.05) is 0 Å². The summed E-state index contributed by atoms with van der Waals surface area (Å²) in [5.74, 6) is 1.21. The molecule has 0 bridgehead atoms. The molecule has 20 heavy (non-hydrogen) atoms. The molecule has 114 valence electrons. The van der Waals surface area contributed by atoms with Gasteiger partial charge in [0.25, 0.3) is 0 Å². The number of likely N-dealkylation sites (tertiary alicyclic amines) is 1. The number of nitrogens with one attached hydrogen (secondary N) is 1. The highest BCUT2D eigenvalue weighted by atomic mass is 35.5. The predicted octanol–water partition coefficient (Wildman–Crippen LogP) is 0.0192. The number of fused-ring (bicyclic) bond motifs is 1. The molecule has 2 saturated heterocycles. The molecule has 0 aromatic rings. The van der Waals surface area contributed by atoms with Crippen molar-refractivity contribution in [3.63, 3.8) is 0 Å². The van der Waals surface area contributed by atoms with Crippen molar-refractivity contribution < 1.29 is 9.59 Å². The van der Waals surface area contributed by atoms with E-state index in [1.165, 1.54) is 17.7 Å². The van der Waals surface area contributed by atoms with Gasteiger partial charge in [-0.2, -0.15) is 0 Å². The number of amides is 3.